The molecule has 0 aliphatic rings. The largest absolute Gasteiger partial charge is 0.494 e. The fraction of sp³-hybridized carbons (Fsp3) is 0.200. The fourth-order valence-corrected chi connectivity index (χ4v) is 2.23. The minimum Gasteiger partial charge on any atom is -0.494 e. The van der Waals surface area contributed by atoms with Gasteiger partial charge >= 0.3 is 5.97 Å². The molecule has 2 aromatic carbocycles. The number of ether oxygens (including phenoxy) is 1. The summed E-state index contributed by atoms with van der Waals surface area (Å²) < 4.78 is 5.54. The number of carbonyl (C=O) groups excluding carboxylic acids is 1. The number of aliphatic carboxylic acids is 1. The topological polar surface area (TPSA) is 75.6 Å². The molecular weight excluding hydrogens is 354 g/mol. The molecule has 0 saturated heterocycles. The average molecular weight is 374 g/mol. The van der Waals surface area contributed by atoms with Crippen LogP contribution in [0.3, 0.4) is 0 Å². The van der Waals surface area contributed by atoms with Gasteiger partial charge in [0.25, 0.3) is 5.91 Å². The van der Waals surface area contributed by atoms with Gasteiger partial charge in [-0.3, -0.25) is 4.79 Å². The highest BCUT2D eigenvalue weighted by Gasteiger charge is 2.13. The standard InChI is InChI=1S/C20H20ClNO4/c1-2-3-12-26-17-10-6-15(7-11-17)19(23)22-18(20(24)25)13-14-4-8-16(21)9-5-14/h4-11,13H,2-3,12H2,1H3,(H,22,23)(H,24,25). The van der Waals surface area contributed by atoms with Crippen molar-refractivity contribution in [3.63, 3.8) is 0 Å². The molecule has 0 spiro atoms. The van der Waals surface area contributed by atoms with Crippen LogP contribution in [0.15, 0.2) is 54.2 Å². The molecule has 0 radical (unpaired) electrons. The van der Waals surface area contributed by atoms with Crippen LogP contribution >= 0.6 is 11.6 Å². The van der Waals surface area contributed by atoms with E-state index >= 15 is 0 Å². The predicted molar refractivity (Wildman–Crippen MR) is 101 cm³/mol. The first-order valence-corrected chi connectivity index (χ1v) is 8.62. The number of halogens is 1. The van der Waals surface area contributed by atoms with E-state index < -0.39 is 11.9 Å². The summed E-state index contributed by atoms with van der Waals surface area (Å²) in [7, 11) is 0. The number of unbranched alkanes of at least 4 members (excludes halogenated alkanes) is 1. The lowest BCUT2D eigenvalue weighted by atomic mass is 10.1. The molecule has 0 bridgehead atoms. The van der Waals surface area contributed by atoms with E-state index in [-0.39, 0.29) is 5.70 Å². The van der Waals surface area contributed by atoms with Crippen molar-refractivity contribution in [1.82, 2.24) is 5.32 Å². The van der Waals surface area contributed by atoms with E-state index in [0.29, 0.717) is 28.5 Å². The molecule has 0 atom stereocenters. The van der Waals surface area contributed by atoms with Gasteiger partial charge in [0.15, 0.2) is 0 Å². The maximum atomic E-state index is 12.3. The monoisotopic (exact) mass is 373 g/mol. The van der Waals surface area contributed by atoms with Crippen LogP contribution in [-0.4, -0.2) is 23.6 Å². The first-order valence-electron chi connectivity index (χ1n) is 8.24. The van der Waals surface area contributed by atoms with Gasteiger partial charge in [0.05, 0.1) is 6.61 Å². The number of amides is 1. The number of benzene rings is 2. The Balaban J connectivity index is 2.07. The molecule has 1 amide bonds. The van der Waals surface area contributed by atoms with Gasteiger partial charge in [-0.25, -0.2) is 4.79 Å². The molecule has 0 heterocycles. The minimum atomic E-state index is -1.23. The molecule has 2 aromatic rings. The highest BCUT2D eigenvalue weighted by molar-refractivity contribution is 6.30. The lowest BCUT2D eigenvalue weighted by molar-refractivity contribution is -0.132. The summed E-state index contributed by atoms with van der Waals surface area (Å²) in [5.74, 6) is -1.06. The first-order chi connectivity index (χ1) is 12.5. The number of carboxylic acids is 1. The van der Waals surface area contributed by atoms with Crippen LogP contribution < -0.4 is 10.1 Å². The van der Waals surface area contributed by atoms with Gasteiger partial charge in [-0.15, -0.1) is 0 Å². The fourth-order valence-electron chi connectivity index (χ4n) is 2.11. The van der Waals surface area contributed by atoms with Gasteiger partial charge in [0.2, 0.25) is 0 Å². The molecule has 0 saturated carbocycles. The summed E-state index contributed by atoms with van der Waals surface area (Å²) in [5.41, 5.74) is 0.739. The van der Waals surface area contributed by atoms with Gasteiger partial charge < -0.3 is 15.2 Å². The van der Waals surface area contributed by atoms with E-state index in [1.165, 1.54) is 6.08 Å². The Kier molecular flexibility index (Phi) is 7.24. The van der Waals surface area contributed by atoms with Crippen molar-refractivity contribution >= 4 is 29.6 Å². The van der Waals surface area contributed by atoms with Gasteiger partial charge in [-0.2, -0.15) is 0 Å². The summed E-state index contributed by atoms with van der Waals surface area (Å²) in [6.07, 6.45) is 3.37. The van der Waals surface area contributed by atoms with Crippen LogP contribution in [-0.2, 0) is 4.79 Å². The smallest absolute Gasteiger partial charge is 0.352 e. The molecule has 5 nitrogen and oxygen atoms in total. The van der Waals surface area contributed by atoms with E-state index in [1.807, 2.05) is 0 Å². The third kappa shape index (κ3) is 5.93. The molecule has 2 rings (SSSR count). The second kappa shape index (κ2) is 9.63. The molecule has 0 aromatic heterocycles. The molecule has 0 aliphatic heterocycles. The minimum absolute atomic E-state index is 0.222. The summed E-state index contributed by atoms with van der Waals surface area (Å²) in [5, 5.41) is 12.3. The van der Waals surface area contributed by atoms with Crippen LogP contribution in [0.25, 0.3) is 6.08 Å². The Bertz CT molecular complexity index is 782. The quantitative estimate of drug-likeness (QED) is 0.532. The number of carboxylic acid groups (broad SMARTS) is 1. The van der Waals surface area contributed by atoms with Crippen molar-refractivity contribution in [2.24, 2.45) is 0 Å². The van der Waals surface area contributed by atoms with Crippen LogP contribution in [0.5, 0.6) is 5.75 Å². The Morgan fingerprint density at radius 2 is 1.77 bits per heavy atom. The van der Waals surface area contributed by atoms with E-state index in [4.69, 9.17) is 16.3 Å². The van der Waals surface area contributed by atoms with Gasteiger partial charge in [0.1, 0.15) is 11.4 Å². The van der Waals surface area contributed by atoms with E-state index in [2.05, 4.69) is 12.2 Å². The van der Waals surface area contributed by atoms with Crippen molar-refractivity contribution in [3.8, 4) is 5.75 Å². The second-order valence-electron chi connectivity index (χ2n) is 5.60. The molecule has 0 fully saturated rings. The maximum Gasteiger partial charge on any atom is 0.352 e. The van der Waals surface area contributed by atoms with E-state index in [0.717, 1.165) is 12.8 Å². The molecule has 6 heteroatoms. The third-order valence-electron chi connectivity index (χ3n) is 3.54. The molecular formula is C20H20ClNO4. The highest BCUT2D eigenvalue weighted by atomic mass is 35.5. The zero-order valence-corrected chi connectivity index (χ0v) is 15.1. The van der Waals surface area contributed by atoms with E-state index in [9.17, 15) is 14.7 Å². The Morgan fingerprint density at radius 1 is 1.12 bits per heavy atom. The van der Waals surface area contributed by atoms with Crippen molar-refractivity contribution in [3.05, 3.63) is 70.4 Å². The highest BCUT2D eigenvalue weighted by Crippen LogP contribution is 2.14. The van der Waals surface area contributed by atoms with Crippen LogP contribution in [0.2, 0.25) is 5.02 Å². The Morgan fingerprint density at radius 3 is 2.35 bits per heavy atom. The van der Waals surface area contributed by atoms with Gasteiger partial charge in [0, 0.05) is 10.6 Å². The normalized spacial score (nSPS) is 11.1. The zero-order valence-electron chi connectivity index (χ0n) is 14.4. The average Bonchev–Trinajstić information content (AvgIpc) is 2.63. The molecule has 2 N–H and O–H groups in total. The number of hydrogen-bond donors (Lipinski definition) is 2. The Hall–Kier alpha value is -2.79. The van der Waals surface area contributed by atoms with Crippen LogP contribution in [0.4, 0.5) is 0 Å². The van der Waals surface area contributed by atoms with Crippen molar-refractivity contribution in [2.75, 3.05) is 6.61 Å². The lowest BCUT2D eigenvalue weighted by Gasteiger charge is -2.08. The van der Waals surface area contributed by atoms with Crippen LogP contribution in [0.1, 0.15) is 35.7 Å². The number of nitrogens with one attached hydrogen (secondary N) is 1. The predicted octanol–water partition coefficient (Wildman–Crippen LogP) is 4.37. The maximum absolute atomic E-state index is 12.3. The van der Waals surface area contributed by atoms with Crippen molar-refractivity contribution < 1.29 is 19.4 Å². The second-order valence-corrected chi connectivity index (χ2v) is 6.03. The number of carbonyl (C=O) groups is 2. The summed E-state index contributed by atoms with van der Waals surface area (Å²) in [6.45, 7) is 2.70. The van der Waals surface area contributed by atoms with E-state index in [1.54, 1.807) is 48.5 Å². The first kappa shape index (κ1) is 19.5. The molecule has 0 aliphatic carbocycles. The van der Waals surface area contributed by atoms with Gasteiger partial charge in [-0.1, -0.05) is 37.1 Å². The zero-order chi connectivity index (χ0) is 18.9. The van der Waals surface area contributed by atoms with Crippen LogP contribution in [0, 0.1) is 0 Å². The molecule has 26 heavy (non-hydrogen) atoms. The Labute approximate surface area is 157 Å². The van der Waals surface area contributed by atoms with Crippen molar-refractivity contribution in [1.29, 1.82) is 0 Å². The summed E-state index contributed by atoms with van der Waals surface area (Å²) >= 11 is 5.81. The lowest BCUT2D eigenvalue weighted by Crippen LogP contribution is -2.27. The molecule has 0 unspecified atom stereocenters. The van der Waals surface area contributed by atoms with Crippen molar-refractivity contribution in [2.45, 2.75) is 19.8 Å². The number of hydrogen-bond acceptors (Lipinski definition) is 3. The summed E-state index contributed by atoms with van der Waals surface area (Å²) in [4.78, 5) is 23.7. The SMILES string of the molecule is CCCCOc1ccc(C(=O)NC(=Cc2ccc(Cl)cc2)C(=O)O)cc1. The third-order valence-corrected chi connectivity index (χ3v) is 3.79. The summed E-state index contributed by atoms with van der Waals surface area (Å²) in [6, 6.07) is 13.2. The molecule has 136 valence electrons. The van der Waals surface area contributed by atoms with Gasteiger partial charge in [-0.05, 0) is 54.5 Å². The number of rotatable bonds is 8.